The lowest BCUT2D eigenvalue weighted by molar-refractivity contribution is 0.589. The monoisotopic (exact) mass is 839 g/mol. The van der Waals surface area contributed by atoms with Crippen molar-refractivity contribution in [2.75, 3.05) is 9.80 Å². The van der Waals surface area contributed by atoms with Crippen molar-refractivity contribution in [3.8, 4) is 0 Å². The highest BCUT2D eigenvalue weighted by Gasteiger charge is 2.45. The summed E-state index contributed by atoms with van der Waals surface area (Å²) in [4.78, 5) is 5.20. The summed E-state index contributed by atoms with van der Waals surface area (Å²) in [6, 6.07) is 47.9. The maximum Gasteiger partial charge on any atom is 0.252 e. The highest BCUT2D eigenvalue weighted by atomic mass is 15.2. The van der Waals surface area contributed by atoms with Crippen molar-refractivity contribution in [2.45, 2.75) is 137 Å². The first-order valence-corrected chi connectivity index (χ1v) is 23.9. The molecule has 0 aromatic heterocycles. The van der Waals surface area contributed by atoms with E-state index in [4.69, 9.17) is 0 Å². The van der Waals surface area contributed by atoms with Gasteiger partial charge in [-0.1, -0.05) is 181 Å². The molecule has 6 aromatic rings. The van der Waals surface area contributed by atoms with E-state index in [-0.39, 0.29) is 33.8 Å². The number of fused-ring (bicyclic) bond motifs is 6. The Kier molecular flexibility index (Phi) is 9.43. The average Bonchev–Trinajstić information content (AvgIpc) is 3.48. The van der Waals surface area contributed by atoms with Crippen molar-refractivity contribution >= 4 is 68.4 Å². The van der Waals surface area contributed by atoms with Crippen molar-refractivity contribution in [3.63, 3.8) is 0 Å². The van der Waals surface area contributed by atoms with Gasteiger partial charge in [0.25, 0.3) is 6.71 Å². The predicted octanol–water partition coefficient (Wildman–Crippen LogP) is 14.9. The molecular weight excluding hydrogens is 771 g/mol. The second-order valence-electron chi connectivity index (χ2n) is 23.9. The Labute approximate surface area is 385 Å². The molecule has 2 aliphatic heterocycles. The SMILES string of the molecule is CC(C)(C)c1ccc(N2c3cc(C(C)(C)C)ccc3B3c4cc(C(C)(C)C)ccc4N(c4ccc(C5=CCCC6=C5c5ccccc5C6(C)C)cc4)c4cc(C(C)(C)C)cc2c43)cc1. The van der Waals surface area contributed by atoms with Gasteiger partial charge in [0.2, 0.25) is 0 Å². The Morgan fingerprint density at radius 2 is 1.00 bits per heavy atom. The zero-order chi connectivity index (χ0) is 45.5. The Morgan fingerprint density at radius 1 is 0.484 bits per heavy atom. The quantitative estimate of drug-likeness (QED) is 0.164. The van der Waals surface area contributed by atoms with E-state index < -0.39 is 0 Å². The Balaban J connectivity index is 1.22. The van der Waals surface area contributed by atoms with Gasteiger partial charge < -0.3 is 9.80 Å². The van der Waals surface area contributed by atoms with Gasteiger partial charge in [-0.05, 0) is 150 Å². The van der Waals surface area contributed by atoms with Crippen LogP contribution in [-0.2, 0) is 27.1 Å². The van der Waals surface area contributed by atoms with E-state index in [9.17, 15) is 0 Å². The Bertz CT molecular complexity index is 2930. The third kappa shape index (κ3) is 6.66. The number of hydrogen-bond donors (Lipinski definition) is 0. The molecule has 0 unspecified atom stereocenters. The van der Waals surface area contributed by atoms with Gasteiger partial charge in [-0.25, -0.2) is 0 Å². The smallest absolute Gasteiger partial charge is 0.252 e. The van der Waals surface area contributed by atoms with Crippen LogP contribution in [-0.4, -0.2) is 6.71 Å². The van der Waals surface area contributed by atoms with E-state index in [1.807, 2.05) is 0 Å². The third-order valence-electron chi connectivity index (χ3n) is 15.0. The lowest BCUT2D eigenvalue weighted by Gasteiger charge is -2.45. The van der Waals surface area contributed by atoms with Crippen LogP contribution >= 0.6 is 0 Å². The van der Waals surface area contributed by atoms with Crippen LogP contribution in [0.4, 0.5) is 34.1 Å². The van der Waals surface area contributed by atoms with Gasteiger partial charge in [0, 0.05) is 39.5 Å². The van der Waals surface area contributed by atoms with Crippen LogP contribution in [0.2, 0.25) is 0 Å². The summed E-state index contributed by atoms with van der Waals surface area (Å²) in [5.74, 6) is 0. The minimum Gasteiger partial charge on any atom is -0.311 e. The molecule has 2 nitrogen and oxygen atoms in total. The first-order valence-electron chi connectivity index (χ1n) is 23.9. The van der Waals surface area contributed by atoms with Gasteiger partial charge in [-0.15, -0.1) is 0 Å². The fraction of sp³-hybridized carbons (Fsp3) is 0.344. The van der Waals surface area contributed by atoms with Crippen LogP contribution in [0.5, 0.6) is 0 Å². The maximum absolute atomic E-state index is 2.60. The van der Waals surface area contributed by atoms with Crippen molar-refractivity contribution in [2.24, 2.45) is 0 Å². The van der Waals surface area contributed by atoms with Crippen LogP contribution in [0.15, 0.2) is 133 Å². The van der Waals surface area contributed by atoms with Gasteiger partial charge in [0.05, 0.1) is 0 Å². The molecule has 3 heteroatoms. The number of nitrogens with zero attached hydrogens (tertiary/aromatic N) is 2. The van der Waals surface area contributed by atoms with Crippen molar-refractivity contribution in [3.05, 3.63) is 172 Å². The molecule has 0 fully saturated rings. The predicted molar refractivity (Wildman–Crippen MR) is 279 cm³/mol. The second kappa shape index (κ2) is 14.2. The Hall–Kier alpha value is -5.54. The fourth-order valence-corrected chi connectivity index (χ4v) is 11.2. The van der Waals surface area contributed by atoms with Gasteiger partial charge >= 0.3 is 0 Å². The number of benzene rings is 6. The number of rotatable bonds is 3. The van der Waals surface area contributed by atoms with Gasteiger partial charge in [0.15, 0.2) is 0 Å². The van der Waals surface area contributed by atoms with Gasteiger partial charge in [0.1, 0.15) is 0 Å². The molecule has 0 atom stereocenters. The molecular formula is C61H67BN2. The first-order chi connectivity index (χ1) is 30.0. The molecule has 324 valence electrons. The summed E-state index contributed by atoms with van der Waals surface area (Å²) in [6.07, 6.45) is 4.69. The molecule has 2 aliphatic carbocycles. The summed E-state index contributed by atoms with van der Waals surface area (Å²) in [5, 5.41) is 0. The van der Waals surface area contributed by atoms with Crippen LogP contribution in [0.3, 0.4) is 0 Å². The highest BCUT2D eigenvalue weighted by molar-refractivity contribution is 7.00. The van der Waals surface area contributed by atoms with Crippen molar-refractivity contribution < 1.29 is 0 Å². The summed E-state index contributed by atoms with van der Waals surface area (Å²) in [5.41, 5.74) is 25.5. The summed E-state index contributed by atoms with van der Waals surface area (Å²) in [7, 11) is 0. The number of anilines is 6. The molecule has 0 saturated carbocycles. The molecule has 2 heterocycles. The van der Waals surface area contributed by atoms with Crippen LogP contribution in [0.1, 0.15) is 149 Å². The van der Waals surface area contributed by atoms with E-state index in [0.717, 1.165) is 12.8 Å². The molecule has 0 radical (unpaired) electrons. The lowest BCUT2D eigenvalue weighted by atomic mass is 9.33. The summed E-state index contributed by atoms with van der Waals surface area (Å²) < 4.78 is 0. The lowest BCUT2D eigenvalue weighted by Crippen LogP contribution is -2.61. The van der Waals surface area contributed by atoms with Gasteiger partial charge in [-0.3, -0.25) is 0 Å². The van der Waals surface area contributed by atoms with Crippen molar-refractivity contribution in [1.82, 2.24) is 0 Å². The number of hydrogen-bond acceptors (Lipinski definition) is 2. The largest absolute Gasteiger partial charge is 0.311 e. The normalized spacial score (nSPS) is 16.5. The molecule has 0 spiro atoms. The molecule has 0 bridgehead atoms. The van der Waals surface area contributed by atoms with E-state index in [1.165, 1.54) is 101 Å². The Morgan fingerprint density at radius 3 is 1.61 bits per heavy atom. The third-order valence-corrected chi connectivity index (χ3v) is 15.0. The first kappa shape index (κ1) is 42.4. The van der Waals surface area contributed by atoms with Crippen LogP contribution in [0, 0.1) is 0 Å². The second-order valence-corrected chi connectivity index (χ2v) is 23.9. The molecule has 0 N–H and O–H groups in total. The zero-order valence-corrected chi connectivity index (χ0v) is 41.0. The molecule has 6 aromatic carbocycles. The molecule has 10 rings (SSSR count). The average molecular weight is 839 g/mol. The van der Waals surface area contributed by atoms with E-state index >= 15 is 0 Å². The number of allylic oxidation sites excluding steroid dienone is 4. The zero-order valence-electron chi connectivity index (χ0n) is 41.0. The maximum atomic E-state index is 2.60. The highest BCUT2D eigenvalue weighted by Crippen LogP contribution is 2.55. The van der Waals surface area contributed by atoms with E-state index in [0.29, 0.717) is 0 Å². The van der Waals surface area contributed by atoms with E-state index in [2.05, 4.69) is 234 Å². The summed E-state index contributed by atoms with van der Waals surface area (Å²) >= 11 is 0. The van der Waals surface area contributed by atoms with Crippen LogP contribution in [0.25, 0.3) is 11.1 Å². The molecule has 0 amide bonds. The summed E-state index contributed by atoms with van der Waals surface area (Å²) in [6.45, 7) is 33.0. The molecule has 0 saturated heterocycles. The van der Waals surface area contributed by atoms with Crippen LogP contribution < -0.4 is 26.2 Å². The molecule has 64 heavy (non-hydrogen) atoms. The minimum absolute atomic E-state index is 0.00848. The van der Waals surface area contributed by atoms with Crippen molar-refractivity contribution in [1.29, 1.82) is 0 Å². The minimum atomic E-state index is -0.0908. The molecule has 4 aliphatic rings. The topological polar surface area (TPSA) is 6.48 Å². The van der Waals surface area contributed by atoms with E-state index in [1.54, 1.807) is 5.57 Å². The fourth-order valence-electron chi connectivity index (χ4n) is 11.2. The standard InChI is InChI=1S/C61H67BN2/c1-57(2,3)39-24-30-44(31-25-39)64-52-35-41(59(7,8)9)26-32-49(52)62-50-34-40(58(4,5)6)27-33-51(50)63(53-36-42(60(10,11)12)37-54(64)56(53)62)43-28-22-38(23-29-43)45-19-17-21-48-55(45)46-18-15-16-20-47(46)61(48,13)14/h15-16,18-20,22-37H,17,21H2,1-14H3. The van der Waals surface area contributed by atoms with Gasteiger partial charge in [-0.2, -0.15) is 0 Å².